The summed E-state index contributed by atoms with van der Waals surface area (Å²) in [5, 5.41) is 13.8. The van der Waals surface area contributed by atoms with E-state index in [4.69, 9.17) is 5.73 Å². The van der Waals surface area contributed by atoms with Crippen molar-refractivity contribution >= 4 is 50.6 Å². The number of rotatable bonds is 5. The topological polar surface area (TPSA) is 119 Å². The Bertz CT molecular complexity index is 915. The molecule has 3 N–H and O–H groups in total. The van der Waals surface area contributed by atoms with E-state index in [0.717, 1.165) is 28.3 Å². The van der Waals surface area contributed by atoms with Crippen LogP contribution in [0.5, 0.6) is 0 Å². The fourth-order valence-corrected chi connectivity index (χ4v) is 4.78. The van der Waals surface area contributed by atoms with Gasteiger partial charge >= 0.3 is 5.00 Å². The minimum absolute atomic E-state index is 0.0103. The Morgan fingerprint density at radius 1 is 1.38 bits per heavy atom. The van der Waals surface area contributed by atoms with Crippen molar-refractivity contribution in [3.05, 3.63) is 49.2 Å². The van der Waals surface area contributed by atoms with Gasteiger partial charge in [-0.15, -0.1) is 11.3 Å². The summed E-state index contributed by atoms with van der Waals surface area (Å²) in [4.78, 5) is 38.0. The molecule has 26 heavy (non-hydrogen) atoms. The molecular weight excluding hydrogens is 376 g/mol. The summed E-state index contributed by atoms with van der Waals surface area (Å²) >= 11 is 2.33. The van der Waals surface area contributed by atoms with E-state index in [1.165, 1.54) is 29.6 Å². The Kier molecular flexibility index (Phi) is 5.16. The second-order valence-electron chi connectivity index (χ2n) is 5.82. The first-order valence-corrected chi connectivity index (χ1v) is 9.34. The number of carbonyl (C=O) groups is 2. The Morgan fingerprint density at radius 3 is 2.81 bits per heavy atom. The van der Waals surface area contributed by atoms with E-state index in [9.17, 15) is 19.7 Å². The molecule has 1 aliphatic heterocycles. The van der Waals surface area contributed by atoms with Crippen molar-refractivity contribution in [2.75, 3.05) is 18.9 Å². The average molecular weight is 392 g/mol. The smallest absolute Gasteiger partial charge is 0.324 e. The number of nitrogens with two attached hydrogens (primary N) is 1. The van der Waals surface area contributed by atoms with Crippen LogP contribution in [0.15, 0.2) is 18.2 Å². The molecule has 2 aromatic heterocycles. The number of nitro groups is 1. The van der Waals surface area contributed by atoms with Gasteiger partial charge in [-0.1, -0.05) is 11.3 Å². The van der Waals surface area contributed by atoms with Gasteiger partial charge in [-0.25, -0.2) is 0 Å². The lowest BCUT2D eigenvalue weighted by atomic mass is 10.0. The lowest BCUT2D eigenvalue weighted by Crippen LogP contribution is -2.27. The van der Waals surface area contributed by atoms with Crippen LogP contribution >= 0.6 is 22.7 Å². The zero-order valence-electron chi connectivity index (χ0n) is 13.9. The van der Waals surface area contributed by atoms with Crippen LogP contribution in [-0.4, -0.2) is 35.2 Å². The van der Waals surface area contributed by atoms with Crippen molar-refractivity contribution in [1.82, 2.24) is 4.90 Å². The fraction of sp³-hybridized carbons (Fsp3) is 0.250. The Morgan fingerprint density at radius 2 is 2.15 bits per heavy atom. The maximum Gasteiger partial charge on any atom is 0.324 e. The van der Waals surface area contributed by atoms with Gasteiger partial charge in [-0.2, -0.15) is 0 Å². The minimum atomic E-state index is -0.555. The summed E-state index contributed by atoms with van der Waals surface area (Å²) in [5.74, 6) is -0.976. The van der Waals surface area contributed by atoms with Crippen LogP contribution in [0.1, 0.15) is 25.7 Å². The van der Waals surface area contributed by atoms with Crippen LogP contribution in [0.4, 0.5) is 10.0 Å². The van der Waals surface area contributed by atoms with Crippen LogP contribution in [0, 0.1) is 10.1 Å². The van der Waals surface area contributed by atoms with Gasteiger partial charge in [0.25, 0.3) is 5.91 Å². The molecule has 10 heteroatoms. The molecule has 0 saturated heterocycles. The molecule has 136 valence electrons. The number of anilines is 1. The minimum Gasteiger partial charge on any atom is -0.365 e. The van der Waals surface area contributed by atoms with E-state index in [1.54, 1.807) is 6.07 Å². The Labute approximate surface area is 157 Å². The second kappa shape index (κ2) is 7.36. The van der Waals surface area contributed by atoms with E-state index >= 15 is 0 Å². The van der Waals surface area contributed by atoms with Crippen LogP contribution in [0.25, 0.3) is 6.08 Å². The predicted molar refractivity (Wildman–Crippen MR) is 102 cm³/mol. The Balaban J connectivity index is 1.77. The zero-order valence-corrected chi connectivity index (χ0v) is 15.5. The van der Waals surface area contributed by atoms with Gasteiger partial charge in [-0.05, 0) is 31.2 Å². The summed E-state index contributed by atoms with van der Waals surface area (Å²) < 4.78 is 0. The molecule has 0 spiro atoms. The molecule has 2 aromatic rings. The molecule has 0 radical (unpaired) electrons. The highest BCUT2D eigenvalue weighted by Crippen LogP contribution is 2.36. The van der Waals surface area contributed by atoms with Crippen molar-refractivity contribution < 1.29 is 14.5 Å². The number of thiophene rings is 2. The highest BCUT2D eigenvalue weighted by atomic mass is 32.1. The van der Waals surface area contributed by atoms with E-state index < -0.39 is 16.7 Å². The number of hydrogen-bond acceptors (Lipinski definition) is 7. The number of likely N-dealkylation sites (N-methyl/N-ethyl adjacent to an activating group) is 1. The van der Waals surface area contributed by atoms with Crippen molar-refractivity contribution in [1.29, 1.82) is 0 Å². The molecule has 0 saturated carbocycles. The number of nitrogens with one attached hydrogen (secondary N) is 1. The standard InChI is InChI=1S/C16H16N4O4S2/c1-19-7-6-10-11(8-19)26-16(14(10)15(17)22)18-12(21)4-2-9-3-5-13(25-9)20(23)24/h2-5H,6-8H2,1H3,(H2,17,22)(H,18,21). The van der Waals surface area contributed by atoms with Gasteiger partial charge in [0, 0.05) is 35.0 Å². The maximum absolute atomic E-state index is 12.2. The Hall–Kier alpha value is -2.56. The van der Waals surface area contributed by atoms with Gasteiger partial charge in [0.1, 0.15) is 5.00 Å². The predicted octanol–water partition coefficient (Wildman–Crippen LogP) is 2.46. The molecule has 2 amide bonds. The molecule has 0 aromatic carbocycles. The van der Waals surface area contributed by atoms with Crippen molar-refractivity contribution in [2.45, 2.75) is 13.0 Å². The SMILES string of the molecule is CN1CCc2c(sc(NC(=O)C=Cc3ccc([N+](=O)[O-])s3)c2C(N)=O)C1. The van der Waals surface area contributed by atoms with Crippen LogP contribution < -0.4 is 11.1 Å². The first-order valence-electron chi connectivity index (χ1n) is 7.71. The molecular formula is C16H16N4O4S2. The summed E-state index contributed by atoms with van der Waals surface area (Å²) in [5.41, 5.74) is 6.80. The molecule has 3 rings (SSSR count). The molecule has 0 atom stereocenters. The number of amides is 2. The zero-order chi connectivity index (χ0) is 18.8. The third-order valence-electron chi connectivity index (χ3n) is 3.92. The third-order valence-corrected chi connectivity index (χ3v) is 6.06. The highest BCUT2D eigenvalue weighted by Gasteiger charge is 2.26. The number of primary amides is 1. The van der Waals surface area contributed by atoms with E-state index in [0.29, 0.717) is 28.4 Å². The number of hydrogen-bond donors (Lipinski definition) is 2. The second-order valence-corrected chi connectivity index (χ2v) is 8.01. The number of fused-ring (bicyclic) bond motifs is 1. The molecule has 0 unspecified atom stereocenters. The van der Waals surface area contributed by atoms with Crippen LogP contribution in [-0.2, 0) is 17.8 Å². The largest absolute Gasteiger partial charge is 0.365 e. The number of carbonyl (C=O) groups excluding carboxylic acids is 2. The van der Waals surface area contributed by atoms with E-state index in [2.05, 4.69) is 10.2 Å². The van der Waals surface area contributed by atoms with Gasteiger partial charge in [0.05, 0.1) is 10.5 Å². The monoisotopic (exact) mass is 392 g/mol. The summed E-state index contributed by atoms with van der Waals surface area (Å²) in [6.45, 7) is 1.54. The molecule has 0 aliphatic carbocycles. The van der Waals surface area contributed by atoms with E-state index in [-0.39, 0.29) is 5.00 Å². The molecule has 0 bridgehead atoms. The summed E-state index contributed by atoms with van der Waals surface area (Å²) in [6, 6.07) is 2.96. The fourth-order valence-electron chi connectivity index (χ4n) is 2.72. The molecule has 0 fully saturated rings. The van der Waals surface area contributed by atoms with Crippen molar-refractivity contribution in [2.24, 2.45) is 5.73 Å². The third kappa shape index (κ3) is 3.82. The number of nitrogens with zero attached hydrogens (tertiary/aromatic N) is 2. The van der Waals surface area contributed by atoms with Crippen LogP contribution in [0.2, 0.25) is 0 Å². The van der Waals surface area contributed by atoms with E-state index in [1.807, 2.05) is 7.05 Å². The molecule has 3 heterocycles. The lowest BCUT2D eigenvalue weighted by molar-refractivity contribution is -0.380. The normalized spacial score (nSPS) is 14.3. The summed E-state index contributed by atoms with van der Waals surface area (Å²) in [6.07, 6.45) is 3.49. The van der Waals surface area contributed by atoms with Crippen molar-refractivity contribution in [3.8, 4) is 0 Å². The first-order chi connectivity index (χ1) is 12.3. The first kappa shape index (κ1) is 18.2. The van der Waals surface area contributed by atoms with Gasteiger partial charge in [-0.3, -0.25) is 19.7 Å². The van der Waals surface area contributed by atoms with Gasteiger partial charge in [0.15, 0.2) is 0 Å². The molecule has 8 nitrogen and oxygen atoms in total. The van der Waals surface area contributed by atoms with Gasteiger partial charge < -0.3 is 16.0 Å². The average Bonchev–Trinajstić information content (AvgIpc) is 3.16. The maximum atomic E-state index is 12.2. The summed E-state index contributed by atoms with van der Waals surface area (Å²) in [7, 11) is 1.99. The molecule has 1 aliphatic rings. The van der Waals surface area contributed by atoms with Gasteiger partial charge in [0.2, 0.25) is 5.91 Å². The van der Waals surface area contributed by atoms with Crippen molar-refractivity contribution in [3.63, 3.8) is 0 Å². The lowest BCUT2D eigenvalue weighted by Gasteiger charge is -2.22. The quantitative estimate of drug-likeness (QED) is 0.460. The van der Waals surface area contributed by atoms with Crippen LogP contribution in [0.3, 0.4) is 0 Å². The highest BCUT2D eigenvalue weighted by molar-refractivity contribution is 7.17.